The second-order valence-corrected chi connectivity index (χ2v) is 4.65. The fourth-order valence-corrected chi connectivity index (χ4v) is 2.15. The summed E-state index contributed by atoms with van der Waals surface area (Å²) in [6.45, 7) is 0. The van der Waals surface area contributed by atoms with Crippen LogP contribution in [-0.4, -0.2) is 12.9 Å². The molecule has 0 radical (unpaired) electrons. The lowest BCUT2D eigenvalue weighted by Crippen LogP contribution is -2.01. The first kappa shape index (κ1) is 12.6. The van der Waals surface area contributed by atoms with Crippen molar-refractivity contribution < 1.29 is 9.53 Å². The van der Waals surface area contributed by atoms with Crippen LogP contribution in [0.4, 0.5) is 5.69 Å². The van der Waals surface area contributed by atoms with E-state index >= 15 is 0 Å². The minimum atomic E-state index is -0.0432. The van der Waals surface area contributed by atoms with Crippen molar-refractivity contribution in [3.63, 3.8) is 0 Å². The molecule has 0 aliphatic rings. The molecular weight excluding hydrogens is 294 g/mol. The number of nitrogens with two attached hydrogens (primary N) is 1. The Morgan fingerprint density at radius 2 is 1.72 bits per heavy atom. The molecule has 0 amide bonds. The van der Waals surface area contributed by atoms with Crippen molar-refractivity contribution in [3.05, 3.63) is 58.1 Å². The van der Waals surface area contributed by atoms with Crippen LogP contribution in [-0.2, 0) is 0 Å². The molecule has 0 unspecified atom stereocenters. The first-order valence-electron chi connectivity index (χ1n) is 5.35. The van der Waals surface area contributed by atoms with Crippen molar-refractivity contribution >= 4 is 27.4 Å². The smallest absolute Gasteiger partial charge is 0.193 e. The fourth-order valence-electron chi connectivity index (χ4n) is 1.61. The molecule has 0 spiro atoms. The Morgan fingerprint density at radius 3 is 2.28 bits per heavy atom. The highest BCUT2D eigenvalue weighted by Crippen LogP contribution is 2.26. The molecule has 4 heteroatoms. The summed E-state index contributed by atoms with van der Waals surface area (Å²) < 4.78 is 5.88. The van der Waals surface area contributed by atoms with E-state index in [0.29, 0.717) is 22.6 Å². The lowest BCUT2D eigenvalue weighted by atomic mass is 10.0. The second-order valence-electron chi connectivity index (χ2n) is 3.80. The lowest BCUT2D eigenvalue weighted by molar-refractivity contribution is 0.103. The molecule has 0 atom stereocenters. The number of rotatable bonds is 3. The van der Waals surface area contributed by atoms with Crippen LogP contribution in [0, 0.1) is 0 Å². The van der Waals surface area contributed by atoms with Gasteiger partial charge >= 0.3 is 0 Å². The third-order valence-corrected chi connectivity index (χ3v) is 3.21. The largest absolute Gasteiger partial charge is 0.496 e. The molecule has 2 aromatic rings. The third-order valence-electron chi connectivity index (χ3n) is 2.59. The number of ketones is 1. The Morgan fingerprint density at radius 1 is 1.11 bits per heavy atom. The van der Waals surface area contributed by atoms with Gasteiger partial charge in [-0.05, 0) is 58.4 Å². The number of hydrogen-bond donors (Lipinski definition) is 1. The lowest BCUT2D eigenvalue weighted by Gasteiger charge is -2.06. The van der Waals surface area contributed by atoms with E-state index in [9.17, 15) is 4.79 Å². The van der Waals surface area contributed by atoms with Gasteiger partial charge in [0, 0.05) is 16.8 Å². The number of halogens is 1. The number of nitrogen functional groups attached to an aromatic ring is 1. The molecule has 92 valence electrons. The number of anilines is 1. The van der Waals surface area contributed by atoms with Gasteiger partial charge in [0.25, 0.3) is 0 Å². The first-order chi connectivity index (χ1) is 8.61. The number of methoxy groups -OCH3 is 1. The molecule has 0 aromatic heterocycles. The molecular formula is C14H12BrNO2. The van der Waals surface area contributed by atoms with Crippen molar-refractivity contribution in [2.45, 2.75) is 0 Å². The van der Waals surface area contributed by atoms with Crippen LogP contribution in [0.25, 0.3) is 0 Å². The summed E-state index contributed by atoms with van der Waals surface area (Å²) >= 11 is 3.36. The Kier molecular flexibility index (Phi) is 3.67. The van der Waals surface area contributed by atoms with Gasteiger partial charge in [0.05, 0.1) is 11.6 Å². The topological polar surface area (TPSA) is 52.3 Å². The van der Waals surface area contributed by atoms with E-state index < -0.39 is 0 Å². The summed E-state index contributed by atoms with van der Waals surface area (Å²) in [6, 6.07) is 12.1. The van der Waals surface area contributed by atoms with Crippen molar-refractivity contribution in [1.82, 2.24) is 0 Å². The summed E-state index contributed by atoms with van der Waals surface area (Å²) in [6.07, 6.45) is 0. The Balaban J connectivity index is 2.34. The fraction of sp³-hybridized carbons (Fsp3) is 0.0714. The van der Waals surface area contributed by atoms with E-state index in [4.69, 9.17) is 10.5 Å². The van der Waals surface area contributed by atoms with E-state index in [1.165, 1.54) is 0 Å². The summed E-state index contributed by atoms with van der Waals surface area (Å²) in [4.78, 5) is 12.2. The highest BCUT2D eigenvalue weighted by atomic mass is 79.9. The average Bonchev–Trinajstić information content (AvgIpc) is 2.38. The van der Waals surface area contributed by atoms with Gasteiger partial charge in [0.15, 0.2) is 5.78 Å². The summed E-state index contributed by atoms with van der Waals surface area (Å²) in [5.74, 6) is 0.655. The minimum Gasteiger partial charge on any atom is -0.496 e. The van der Waals surface area contributed by atoms with Gasteiger partial charge in [-0.25, -0.2) is 0 Å². The zero-order chi connectivity index (χ0) is 13.1. The molecule has 3 nitrogen and oxygen atoms in total. The number of benzene rings is 2. The maximum Gasteiger partial charge on any atom is 0.193 e. The standard InChI is InChI=1S/C14H12BrNO2/c1-18-13-7-4-10(8-12(13)15)14(17)9-2-5-11(16)6-3-9/h2-8H,16H2,1H3. The number of ether oxygens (including phenoxy) is 1. The van der Waals surface area contributed by atoms with Gasteiger partial charge in [-0.3, -0.25) is 4.79 Å². The Labute approximate surface area is 114 Å². The monoisotopic (exact) mass is 305 g/mol. The number of carbonyl (C=O) groups is 1. The van der Waals surface area contributed by atoms with E-state index in [0.717, 1.165) is 4.47 Å². The van der Waals surface area contributed by atoms with E-state index in [1.807, 2.05) is 0 Å². The van der Waals surface area contributed by atoms with Crippen LogP contribution in [0.3, 0.4) is 0 Å². The molecule has 0 aliphatic heterocycles. The Hall–Kier alpha value is -1.81. The van der Waals surface area contributed by atoms with Crippen LogP contribution in [0.15, 0.2) is 46.9 Å². The zero-order valence-electron chi connectivity index (χ0n) is 9.81. The van der Waals surface area contributed by atoms with Crippen LogP contribution < -0.4 is 10.5 Å². The van der Waals surface area contributed by atoms with E-state index in [2.05, 4.69) is 15.9 Å². The molecule has 0 saturated heterocycles. The van der Waals surface area contributed by atoms with Gasteiger partial charge in [0.1, 0.15) is 5.75 Å². The van der Waals surface area contributed by atoms with E-state index in [-0.39, 0.29) is 5.78 Å². The highest BCUT2D eigenvalue weighted by molar-refractivity contribution is 9.10. The van der Waals surface area contributed by atoms with Gasteiger partial charge < -0.3 is 10.5 Å². The Bertz CT molecular complexity index is 579. The highest BCUT2D eigenvalue weighted by Gasteiger charge is 2.11. The van der Waals surface area contributed by atoms with Crippen molar-refractivity contribution in [1.29, 1.82) is 0 Å². The predicted molar refractivity (Wildman–Crippen MR) is 75.0 cm³/mol. The van der Waals surface area contributed by atoms with Gasteiger partial charge in [0.2, 0.25) is 0 Å². The maximum atomic E-state index is 12.2. The first-order valence-corrected chi connectivity index (χ1v) is 6.15. The molecule has 0 aliphatic carbocycles. The molecule has 0 saturated carbocycles. The SMILES string of the molecule is COc1ccc(C(=O)c2ccc(N)cc2)cc1Br. The number of hydrogen-bond acceptors (Lipinski definition) is 3. The zero-order valence-corrected chi connectivity index (χ0v) is 11.4. The van der Waals surface area contributed by atoms with Crippen molar-refractivity contribution in [3.8, 4) is 5.75 Å². The van der Waals surface area contributed by atoms with Gasteiger partial charge in [-0.1, -0.05) is 0 Å². The predicted octanol–water partition coefficient (Wildman–Crippen LogP) is 3.27. The van der Waals surface area contributed by atoms with Crippen LogP contribution in [0.2, 0.25) is 0 Å². The van der Waals surface area contributed by atoms with Crippen LogP contribution in [0.1, 0.15) is 15.9 Å². The molecule has 2 aromatic carbocycles. The van der Waals surface area contributed by atoms with Gasteiger partial charge in [-0.15, -0.1) is 0 Å². The molecule has 0 bridgehead atoms. The van der Waals surface area contributed by atoms with Gasteiger partial charge in [-0.2, -0.15) is 0 Å². The summed E-state index contributed by atoms with van der Waals surface area (Å²) in [5, 5.41) is 0. The van der Waals surface area contributed by atoms with Crippen LogP contribution in [0.5, 0.6) is 5.75 Å². The summed E-state index contributed by atoms with van der Waals surface area (Å²) in [7, 11) is 1.58. The third kappa shape index (κ3) is 2.54. The summed E-state index contributed by atoms with van der Waals surface area (Å²) in [5.41, 5.74) is 7.45. The normalized spacial score (nSPS) is 10.1. The molecule has 0 heterocycles. The van der Waals surface area contributed by atoms with Crippen LogP contribution >= 0.6 is 15.9 Å². The molecule has 2 N–H and O–H groups in total. The second kappa shape index (κ2) is 5.23. The quantitative estimate of drug-likeness (QED) is 0.699. The number of carbonyl (C=O) groups excluding carboxylic acids is 1. The van der Waals surface area contributed by atoms with Crippen molar-refractivity contribution in [2.75, 3.05) is 12.8 Å². The maximum absolute atomic E-state index is 12.2. The van der Waals surface area contributed by atoms with E-state index in [1.54, 1.807) is 49.6 Å². The van der Waals surface area contributed by atoms with Crippen molar-refractivity contribution in [2.24, 2.45) is 0 Å². The molecule has 0 fully saturated rings. The average molecular weight is 306 g/mol. The molecule has 2 rings (SSSR count). The minimum absolute atomic E-state index is 0.0432. The molecule has 18 heavy (non-hydrogen) atoms.